The number of rotatable bonds is 3. The molecule has 1 N–H and O–H groups in total. The van der Waals surface area contributed by atoms with E-state index in [1.54, 1.807) is 17.0 Å². The van der Waals surface area contributed by atoms with E-state index in [4.69, 9.17) is 0 Å². The summed E-state index contributed by atoms with van der Waals surface area (Å²) in [6, 6.07) is 12.0. The van der Waals surface area contributed by atoms with E-state index in [2.05, 4.69) is 10.3 Å². The van der Waals surface area contributed by atoms with Crippen LogP contribution in [0.25, 0.3) is 0 Å². The van der Waals surface area contributed by atoms with Crippen molar-refractivity contribution in [2.24, 2.45) is 0 Å². The normalized spacial score (nSPS) is 13.1. The number of carbonyl (C=O) groups is 2. The molecule has 142 valence electrons. The Kier molecular flexibility index (Phi) is 4.87. The number of thiazole rings is 1. The molecule has 2 amide bonds. The number of anilines is 1. The second-order valence-corrected chi connectivity index (χ2v) is 7.40. The third kappa shape index (κ3) is 3.63. The van der Waals surface area contributed by atoms with Crippen LogP contribution in [0.4, 0.5) is 13.9 Å². The van der Waals surface area contributed by atoms with Gasteiger partial charge in [0.1, 0.15) is 0 Å². The predicted molar refractivity (Wildman–Crippen MR) is 101 cm³/mol. The van der Waals surface area contributed by atoms with Crippen molar-refractivity contribution < 1.29 is 18.4 Å². The molecule has 1 aliphatic heterocycles. The number of carbonyl (C=O) groups excluding carboxylic acids is 2. The van der Waals surface area contributed by atoms with Crippen LogP contribution >= 0.6 is 11.3 Å². The monoisotopic (exact) mass is 399 g/mol. The van der Waals surface area contributed by atoms with Gasteiger partial charge in [0, 0.05) is 29.0 Å². The zero-order valence-electron chi connectivity index (χ0n) is 14.6. The van der Waals surface area contributed by atoms with Gasteiger partial charge < -0.3 is 4.90 Å². The van der Waals surface area contributed by atoms with E-state index in [0.29, 0.717) is 30.2 Å². The molecule has 5 nitrogen and oxygen atoms in total. The molecule has 2 heterocycles. The summed E-state index contributed by atoms with van der Waals surface area (Å²) in [5.41, 5.74) is 1.47. The zero-order valence-corrected chi connectivity index (χ0v) is 15.4. The van der Waals surface area contributed by atoms with Crippen molar-refractivity contribution in [3.63, 3.8) is 0 Å². The predicted octanol–water partition coefficient (Wildman–Crippen LogP) is 3.87. The quantitative estimate of drug-likeness (QED) is 0.727. The molecule has 0 aliphatic carbocycles. The maximum atomic E-state index is 13.3. The average Bonchev–Trinajstić information content (AvgIpc) is 3.11. The van der Waals surface area contributed by atoms with E-state index >= 15 is 0 Å². The van der Waals surface area contributed by atoms with Crippen molar-refractivity contribution in [3.05, 3.63) is 81.9 Å². The van der Waals surface area contributed by atoms with Crippen LogP contribution in [0, 0.1) is 11.6 Å². The highest BCUT2D eigenvalue weighted by molar-refractivity contribution is 7.15. The first-order valence-electron chi connectivity index (χ1n) is 8.60. The van der Waals surface area contributed by atoms with Gasteiger partial charge in [0.05, 0.1) is 12.2 Å². The molecule has 4 rings (SSSR count). The van der Waals surface area contributed by atoms with Crippen LogP contribution in [0.1, 0.15) is 31.3 Å². The third-order valence-electron chi connectivity index (χ3n) is 4.44. The summed E-state index contributed by atoms with van der Waals surface area (Å²) in [4.78, 5) is 31.9. The minimum Gasteiger partial charge on any atom is -0.333 e. The molecular weight excluding hydrogens is 384 g/mol. The van der Waals surface area contributed by atoms with E-state index in [-0.39, 0.29) is 11.5 Å². The zero-order chi connectivity index (χ0) is 19.7. The highest BCUT2D eigenvalue weighted by Gasteiger charge is 2.25. The van der Waals surface area contributed by atoms with Gasteiger partial charge in [-0.15, -0.1) is 0 Å². The lowest BCUT2D eigenvalue weighted by molar-refractivity contribution is 0.0736. The van der Waals surface area contributed by atoms with Crippen molar-refractivity contribution in [1.29, 1.82) is 0 Å². The number of hydrogen-bond donors (Lipinski definition) is 1. The molecule has 0 saturated carbocycles. The lowest BCUT2D eigenvalue weighted by Crippen LogP contribution is -2.35. The lowest BCUT2D eigenvalue weighted by Gasteiger charge is -2.26. The summed E-state index contributed by atoms with van der Waals surface area (Å²) in [7, 11) is 0. The molecule has 2 aromatic carbocycles. The number of benzene rings is 2. The van der Waals surface area contributed by atoms with Crippen molar-refractivity contribution in [3.8, 4) is 0 Å². The Morgan fingerprint density at radius 3 is 2.57 bits per heavy atom. The van der Waals surface area contributed by atoms with Crippen molar-refractivity contribution in [1.82, 2.24) is 9.88 Å². The fourth-order valence-electron chi connectivity index (χ4n) is 2.99. The molecule has 0 fully saturated rings. The second kappa shape index (κ2) is 7.47. The van der Waals surface area contributed by atoms with Crippen LogP contribution in [-0.4, -0.2) is 28.2 Å². The molecule has 0 bridgehead atoms. The Balaban J connectivity index is 1.47. The number of fused-ring (bicyclic) bond motifs is 1. The van der Waals surface area contributed by atoms with Crippen LogP contribution in [0.3, 0.4) is 0 Å². The summed E-state index contributed by atoms with van der Waals surface area (Å²) in [6.07, 6.45) is 0.589. The van der Waals surface area contributed by atoms with Crippen LogP contribution in [0.5, 0.6) is 0 Å². The molecule has 0 spiro atoms. The number of aromatic nitrogens is 1. The largest absolute Gasteiger partial charge is 0.333 e. The van der Waals surface area contributed by atoms with Gasteiger partial charge in [-0.25, -0.2) is 13.8 Å². The van der Waals surface area contributed by atoms with Gasteiger partial charge in [-0.05, 0) is 30.3 Å². The van der Waals surface area contributed by atoms with Crippen LogP contribution in [0.2, 0.25) is 0 Å². The number of nitrogens with one attached hydrogen (secondary N) is 1. The molecule has 0 atom stereocenters. The molecule has 1 aromatic heterocycles. The Hall–Kier alpha value is -3.13. The summed E-state index contributed by atoms with van der Waals surface area (Å²) >= 11 is 1.28. The first-order valence-corrected chi connectivity index (χ1v) is 9.42. The van der Waals surface area contributed by atoms with Gasteiger partial charge >= 0.3 is 0 Å². The summed E-state index contributed by atoms with van der Waals surface area (Å²) < 4.78 is 26.3. The SMILES string of the molecule is O=C(Nc1nc2c(s1)CN(C(=O)c1ccccc1)CC2)c1ccc(F)c(F)c1. The van der Waals surface area contributed by atoms with E-state index in [1.165, 1.54) is 17.4 Å². The first kappa shape index (κ1) is 18.2. The number of hydrogen-bond acceptors (Lipinski definition) is 4. The van der Waals surface area contributed by atoms with Crippen molar-refractivity contribution in [2.45, 2.75) is 13.0 Å². The highest BCUT2D eigenvalue weighted by atomic mass is 32.1. The lowest BCUT2D eigenvalue weighted by atomic mass is 10.1. The van der Waals surface area contributed by atoms with Gasteiger partial charge in [-0.1, -0.05) is 29.5 Å². The average molecular weight is 399 g/mol. The Morgan fingerprint density at radius 2 is 1.82 bits per heavy atom. The molecule has 8 heteroatoms. The Morgan fingerprint density at radius 1 is 1.04 bits per heavy atom. The fraction of sp³-hybridized carbons (Fsp3) is 0.150. The summed E-state index contributed by atoms with van der Waals surface area (Å²) in [5, 5.41) is 2.98. The molecule has 0 unspecified atom stereocenters. The molecule has 0 saturated heterocycles. The van der Waals surface area contributed by atoms with Gasteiger partial charge in [0.15, 0.2) is 16.8 Å². The maximum absolute atomic E-state index is 13.3. The minimum atomic E-state index is -1.08. The second-order valence-electron chi connectivity index (χ2n) is 6.31. The fourth-order valence-corrected chi connectivity index (χ4v) is 4.01. The van der Waals surface area contributed by atoms with E-state index in [0.717, 1.165) is 22.7 Å². The Labute approximate surface area is 163 Å². The standard InChI is InChI=1S/C20H15F2N3O2S/c21-14-7-6-13(10-15(14)22)18(26)24-20-23-16-8-9-25(11-17(16)28-20)19(27)12-4-2-1-3-5-12/h1-7,10H,8-9,11H2,(H,23,24,26). The number of nitrogens with zero attached hydrogens (tertiary/aromatic N) is 2. The topological polar surface area (TPSA) is 62.3 Å². The first-order chi connectivity index (χ1) is 13.5. The van der Waals surface area contributed by atoms with Gasteiger partial charge in [0.25, 0.3) is 11.8 Å². The van der Waals surface area contributed by atoms with E-state index in [1.807, 2.05) is 18.2 Å². The molecule has 28 heavy (non-hydrogen) atoms. The van der Waals surface area contributed by atoms with Gasteiger partial charge in [0.2, 0.25) is 0 Å². The van der Waals surface area contributed by atoms with E-state index < -0.39 is 17.5 Å². The number of amides is 2. The Bertz CT molecular complexity index is 1050. The molecular formula is C20H15F2N3O2S. The minimum absolute atomic E-state index is 0.00736. The smallest absolute Gasteiger partial charge is 0.257 e. The third-order valence-corrected chi connectivity index (χ3v) is 5.44. The summed E-state index contributed by atoms with van der Waals surface area (Å²) in [6.45, 7) is 0.961. The highest BCUT2D eigenvalue weighted by Crippen LogP contribution is 2.29. The number of halogens is 2. The molecule has 3 aromatic rings. The molecule has 0 radical (unpaired) electrons. The summed E-state index contributed by atoms with van der Waals surface area (Å²) in [5.74, 6) is -2.71. The molecule has 1 aliphatic rings. The van der Waals surface area contributed by atoms with Crippen molar-refractivity contribution >= 4 is 28.3 Å². The van der Waals surface area contributed by atoms with Gasteiger partial charge in [-0.2, -0.15) is 0 Å². The van der Waals surface area contributed by atoms with Crippen LogP contribution in [-0.2, 0) is 13.0 Å². The van der Waals surface area contributed by atoms with Crippen molar-refractivity contribution in [2.75, 3.05) is 11.9 Å². The maximum Gasteiger partial charge on any atom is 0.257 e. The van der Waals surface area contributed by atoms with E-state index in [9.17, 15) is 18.4 Å². The van der Waals surface area contributed by atoms with Crippen LogP contribution < -0.4 is 5.32 Å². The van der Waals surface area contributed by atoms with Gasteiger partial charge in [-0.3, -0.25) is 14.9 Å². The van der Waals surface area contributed by atoms with Crippen LogP contribution in [0.15, 0.2) is 48.5 Å².